The Balaban J connectivity index is 4.52. The molecule has 0 aromatic carbocycles. The Morgan fingerprint density at radius 2 is 1.75 bits per heavy atom. The van der Waals surface area contributed by atoms with Crippen molar-refractivity contribution in [2.75, 3.05) is 47.5 Å². The summed E-state index contributed by atoms with van der Waals surface area (Å²) in [6.45, 7) is 4.96. The summed E-state index contributed by atoms with van der Waals surface area (Å²) in [7, 11) is 2.19. The van der Waals surface area contributed by atoms with Crippen molar-refractivity contribution in [1.29, 1.82) is 0 Å². The van der Waals surface area contributed by atoms with Gasteiger partial charge in [-0.1, -0.05) is 6.92 Å². The van der Waals surface area contributed by atoms with Crippen molar-refractivity contribution in [3.8, 4) is 0 Å². The second kappa shape index (κ2) is 9.05. The first-order chi connectivity index (χ1) is 7.70. The Morgan fingerprint density at radius 1 is 1.19 bits per heavy atom. The van der Waals surface area contributed by atoms with E-state index >= 15 is 0 Å². The largest absolute Gasteiger partial charge is 0.519 e. The first kappa shape index (κ1) is 16.0. The van der Waals surface area contributed by atoms with E-state index in [1.54, 1.807) is 21.3 Å². The van der Waals surface area contributed by atoms with E-state index in [-0.39, 0.29) is 5.67 Å². The fourth-order valence-electron chi connectivity index (χ4n) is 1.55. The lowest BCUT2D eigenvalue weighted by Gasteiger charge is -2.33. The van der Waals surface area contributed by atoms with Crippen LogP contribution in [-0.2, 0) is 13.3 Å². The van der Waals surface area contributed by atoms with Gasteiger partial charge < -0.3 is 29.6 Å². The van der Waals surface area contributed by atoms with Crippen LogP contribution in [0.2, 0.25) is 0 Å². The highest BCUT2D eigenvalue weighted by molar-refractivity contribution is 6.62. The van der Waals surface area contributed by atoms with E-state index in [4.69, 9.17) is 19.0 Å². The van der Waals surface area contributed by atoms with Crippen LogP contribution in [0.1, 0.15) is 6.92 Å². The van der Waals surface area contributed by atoms with Crippen LogP contribution in [0, 0.1) is 0 Å². The number of rotatable bonds is 10. The minimum atomic E-state index is -2.65. The molecule has 0 radical (unpaired) electrons. The molecule has 4 N–H and O–H groups in total. The molecule has 0 fully saturated rings. The molecular weight excluding hydrogens is 226 g/mol. The van der Waals surface area contributed by atoms with Gasteiger partial charge in [-0.2, -0.15) is 0 Å². The van der Waals surface area contributed by atoms with Crippen LogP contribution in [0.4, 0.5) is 0 Å². The monoisotopic (exact) mass is 251 g/mol. The normalized spacial score (nSPS) is 14.1. The molecule has 0 aromatic rings. The van der Waals surface area contributed by atoms with E-state index in [0.717, 1.165) is 13.1 Å². The quantitative estimate of drug-likeness (QED) is 0.429. The van der Waals surface area contributed by atoms with Gasteiger partial charge in [-0.3, -0.25) is 0 Å². The van der Waals surface area contributed by atoms with Crippen LogP contribution in [0.25, 0.3) is 0 Å². The third kappa shape index (κ3) is 4.46. The van der Waals surface area contributed by atoms with Gasteiger partial charge in [-0.05, 0) is 6.54 Å². The molecule has 0 aromatic heterocycles. The molecule has 0 aliphatic carbocycles. The zero-order chi connectivity index (χ0) is 12.4. The minimum Gasteiger partial charge on any atom is -0.376 e. The summed E-state index contributed by atoms with van der Waals surface area (Å²) in [5, 5.41) is 6.55. The van der Waals surface area contributed by atoms with Crippen molar-refractivity contribution in [2.45, 2.75) is 12.6 Å². The summed E-state index contributed by atoms with van der Waals surface area (Å²) in [6.07, 6.45) is 0. The molecule has 6 nitrogen and oxygen atoms in total. The highest BCUT2D eigenvalue weighted by Gasteiger charge is 2.46. The fraction of sp³-hybridized carbons (Fsp3) is 1.00. The first-order valence-electron chi connectivity index (χ1n) is 5.50. The Hall–Kier alpha value is -0.0231. The number of likely N-dealkylation sites (N-methyl/N-ethyl adjacent to an activating group) is 1. The van der Waals surface area contributed by atoms with Crippen molar-refractivity contribution in [1.82, 2.24) is 10.6 Å². The number of hydrogen-bond donors (Lipinski definition) is 3. The Morgan fingerprint density at radius 3 is 2.12 bits per heavy atom. The Bertz CT molecular complexity index is 154. The topological polar surface area (TPSA) is 77.8 Å². The van der Waals surface area contributed by atoms with E-state index in [1.807, 2.05) is 0 Å². The summed E-state index contributed by atoms with van der Waals surface area (Å²) in [4.78, 5) is 0. The molecule has 0 aliphatic heterocycles. The molecule has 0 aliphatic rings. The molecule has 1 atom stereocenters. The molecule has 0 rings (SSSR count). The predicted molar refractivity (Wildman–Crippen MR) is 66.2 cm³/mol. The van der Waals surface area contributed by atoms with Gasteiger partial charge in [-0.15, -0.1) is 0 Å². The maximum atomic E-state index is 5.48. The highest BCUT2D eigenvalue weighted by Crippen LogP contribution is 2.11. The van der Waals surface area contributed by atoms with Crippen LogP contribution < -0.4 is 16.4 Å². The molecule has 16 heavy (non-hydrogen) atoms. The van der Waals surface area contributed by atoms with Crippen molar-refractivity contribution >= 4 is 8.80 Å². The summed E-state index contributed by atoms with van der Waals surface area (Å²) in [5.41, 5.74) is 5.49. The molecule has 0 heterocycles. The predicted octanol–water partition coefficient (Wildman–Crippen LogP) is -1.07. The van der Waals surface area contributed by atoms with Crippen LogP contribution >= 0.6 is 0 Å². The van der Waals surface area contributed by atoms with E-state index in [2.05, 4.69) is 17.6 Å². The van der Waals surface area contributed by atoms with Gasteiger partial charge in [0, 0.05) is 41.0 Å². The standard InChI is InChI=1S/C9H25N3O3Si/c1-5-11-8-9(12-7-6-10)16(13-2,14-3)15-4/h9,11-12H,5-8,10H2,1-4H3. The van der Waals surface area contributed by atoms with E-state index in [9.17, 15) is 0 Å². The van der Waals surface area contributed by atoms with Gasteiger partial charge in [-0.25, -0.2) is 0 Å². The zero-order valence-corrected chi connectivity index (χ0v) is 11.7. The van der Waals surface area contributed by atoms with Crippen molar-refractivity contribution in [3.05, 3.63) is 0 Å². The molecule has 0 saturated heterocycles. The van der Waals surface area contributed by atoms with Crippen LogP contribution in [-0.4, -0.2) is 62.0 Å². The number of nitrogens with one attached hydrogen (secondary N) is 2. The Labute approximate surface area is 99.2 Å². The van der Waals surface area contributed by atoms with Crippen molar-refractivity contribution in [2.24, 2.45) is 5.73 Å². The van der Waals surface area contributed by atoms with Crippen molar-refractivity contribution in [3.63, 3.8) is 0 Å². The molecule has 0 amide bonds. The van der Waals surface area contributed by atoms with Gasteiger partial charge in [0.1, 0.15) is 0 Å². The first-order valence-corrected chi connectivity index (χ1v) is 7.30. The maximum Gasteiger partial charge on any atom is 0.519 e. The van der Waals surface area contributed by atoms with Gasteiger partial charge in [0.25, 0.3) is 0 Å². The SMILES string of the molecule is CCNCC(NCCN)[Si](OC)(OC)OC. The smallest absolute Gasteiger partial charge is 0.376 e. The molecule has 98 valence electrons. The molecule has 7 heteroatoms. The summed E-state index contributed by atoms with van der Waals surface area (Å²) in [5.74, 6) is 0. The van der Waals surface area contributed by atoms with Gasteiger partial charge in [0.05, 0.1) is 5.67 Å². The fourth-order valence-corrected chi connectivity index (χ4v) is 3.69. The average molecular weight is 251 g/mol. The molecule has 0 spiro atoms. The third-order valence-corrected chi connectivity index (χ3v) is 5.38. The second-order valence-electron chi connectivity index (χ2n) is 3.32. The van der Waals surface area contributed by atoms with E-state index in [0.29, 0.717) is 13.1 Å². The molecule has 1 unspecified atom stereocenters. The van der Waals surface area contributed by atoms with Crippen LogP contribution in [0.5, 0.6) is 0 Å². The summed E-state index contributed by atoms with van der Waals surface area (Å²) >= 11 is 0. The lowest BCUT2D eigenvalue weighted by molar-refractivity contribution is 0.107. The molecule has 0 saturated carbocycles. The minimum absolute atomic E-state index is 0.0102. The van der Waals surface area contributed by atoms with Gasteiger partial charge in [0.2, 0.25) is 0 Å². The average Bonchev–Trinajstić information content (AvgIpc) is 2.34. The summed E-state index contributed by atoms with van der Waals surface area (Å²) < 4.78 is 16.3. The van der Waals surface area contributed by atoms with E-state index < -0.39 is 8.80 Å². The zero-order valence-electron chi connectivity index (χ0n) is 10.7. The molecule has 0 bridgehead atoms. The lowest BCUT2D eigenvalue weighted by atomic mass is 10.5. The number of nitrogens with two attached hydrogens (primary N) is 1. The number of hydrogen-bond acceptors (Lipinski definition) is 6. The van der Waals surface area contributed by atoms with Crippen LogP contribution in [0.15, 0.2) is 0 Å². The second-order valence-corrected chi connectivity index (χ2v) is 6.45. The Kier molecular flexibility index (Phi) is 9.04. The third-order valence-electron chi connectivity index (χ3n) is 2.41. The van der Waals surface area contributed by atoms with Crippen molar-refractivity contribution < 1.29 is 13.3 Å². The van der Waals surface area contributed by atoms with E-state index in [1.165, 1.54) is 0 Å². The highest BCUT2D eigenvalue weighted by atomic mass is 28.4. The van der Waals surface area contributed by atoms with Gasteiger partial charge >= 0.3 is 8.80 Å². The maximum absolute atomic E-state index is 5.48. The van der Waals surface area contributed by atoms with Crippen LogP contribution in [0.3, 0.4) is 0 Å². The van der Waals surface area contributed by atoms with Gasteiger partial charge in [0.15, 0.2) is 0 Å². The summed E-state index contributed by atoms with van der Waals surface area (Å²) in [6, 6.07) is 0. The molecular formula is C9H25N3O3Si. The lowest BCUT2D eigenvalue weighted by Crippen LogP contribution is -2.64.